The fraction of sp³-hybridized carbons (Fsp3) is 0.889. The number of hydrogen-bond donors (Lipinski definition) is 2. The summed E-state index contributed by atoms with van der Waals surface area (Å²) in [6.45, 7) is 1.00. The summed E-state index contributed by atoms with van der Waals surface area (Å²) in [5, 5.41) is 12.2. The third-order valence-corrected chi connectivity index (χ3v) is 1.76. The quantitative estimate of drug-likeness (QED) is 0.454. The number of methoxy groups -OCH3 is 1. The Balaban J connectivity index is 3.54. The minimum atomic E-state index is -2.49. The van der Waals surface area contributed by atoms with Gasteiger partial charge in [0.05, 0.1) is 13.7 Å². The van der Waals surface area contributed by atoms with E-state index in [1.807, 2.05) is 0 Å². The maximum Gasteiger partial charge on any atom is 0.338 e. The lowest BCUT2D eigenvalue weighted by molar-refractivity contribution is -0.159. The Bertz CT molecular complexity index is 212. The van der Waals surface area contributed by atoms with E-state index in [2.05, 4.69) is 14.8 Å². The van der Waals surface area contributed by atoms with Crippen LogP contribution in [0.5, 0.6) is 0 Å². The largest absolute Gasteiger partial charge is 0.467 e. The highest BCUT2D eigenvalue weighted by atomic mass is 19.3. The molecule has 5 nitrogen and oxygen atoms in total. The molecular weight excluding hydrogens is 224 g/mol. The Morgan fingerprint density at radius 3 is 2.69 bits per heavy atom. The monoisotopic (exact) mass is 241 g/mol. The molecule has 96 valence electrons. The summed E-state index contributed by atoms with van der Waals surface area (Å²) < 4.78 is 32.2. The van der Waals surface area contributed by atoms with Gasteiger partial charge < -0.3 is 19.9 Å². The number of esters is 1. The summed E-state index contributed by atoms with van der Waals surface area (Å²) in [6, 6.07) is 0. The summed E-state index contributed by atoms with van der Waals surface area (Å²) in [5.41, 5.74) is -1.63. The zero-order valence-electron chi connectivity index (χ0n) is 9.33. The van der Waals surface area contributed by atoms with E-state index >= 15 is 0 Å². The molecule has 0 aliphatic heterocycles. The van der Waals surface area contributed by atoms with E-state index in [0.29, 0.717) is 0 Å². The van der Waals surface area contributed by atoms with Crippen LogP contribution in [0.25, 0.3) is 0 Å². The minimum absolute atomic E-state index is 0.0300. The van der Waals surface area contributed by atoms with E-state index < -0.39 is 24.6 Å². The Kier molecular flexibility index (Phi) is 7.11. The second kappa shape index (κ2) is 7.48. The van der Waals surface area contributed by atoms with Crippen LogP contribution in [-0.2, 0) is 14.3 Å². The van der Waals surface area contributed by atoms with Gasteiger partial charge in [0.2, 0.25) is 0 Å². The van der Waals surface area contributed by atoms with Crippen LogP contribution in [0.2, 0.25) is 0 Å². The van der Waals surface area contributed by atoms with E-state index in [9.17, 15) is 18.7 Å². The van der Waals surface area contributed by atoms with E-state index in [0.717, 1.165) is 0 Å². The molecule has 0 saturated carbocycles. The van der Waals surface area contributed by atoms with Gasteiger partial charge in [0.1, 0.15) is 6.61 Å². The molecule has 0 aliphatic carbocycles. The molecule has 0 radical (unpaired) electrons. The van der Waals surface area contributed by atoms with Gasteiger partial charge in [-0.15, -0.1) is 0 Å². The first-order valence-corrected chi connectivity index (χ1v) is 4.77. The average Bonchev–Trinajstić information content (AvgIpc) is 2.21. The number of halogens is 2. The third kappa shape index (κ3) is 6.65. The lowest BCUT2D eigenvalue weighted by Gasteiger charge is -2.20. The van der Waals surface area contributed by atoms with E-state index in [4.69, 9.17) is 0 Å². The van der Waals surface area contributed by atoms with Crippen molar-refractivity contribution in [2.24, 2.45) is 0 Å². The summed E-state index contributed by atoms with van der Waals surface area (Å²) in [6.07, 6.45) is -2.49. The highest BCUT2D eigenvalue weighted by Crippen LogP contribution is 2.03. The van der Waals surface area contributed by atoms with Gasteiger partial charge in [-0.25, -0.2) is 13.6 Å². The lowest BCUT2D eigenvalue weighted by atomic mass is 10.1. The molecule has 1 unspecified atom stereocenters. The molecule has 0 aliphatic rings. The first kappa shape index (κ1) is 15.2. The smallest absolute Gasteiger partial charge is 0.338 e. The molecule has 0 spiro atoms. The van der Waals surface area contributed by atoms with Gasteiger partial charge in [-0.05, 0) is 6.92 Å². The van der Waals surface area contributed by atoms with E-state index in [-0.39, 0.29) is 19.7 Å². The molecule has 0 amide bonds. The molecule has 0 fully saturated rings. The Hall–Kier alpha value is -0.790. The van der Waals surface area contributed by atoms with Gasteiger partial charge in [-0.2, -0.15) is 0 Å². The van der Waals surface area contributed by atoms with Crippen molar-refractivity contribution >= 4 is 5.97 Å². The van der Waals surface area contributed by atoms with Gasteiger partial charge in [0.15, 0.2) is 5.60 Å². The van der Waals surface area contributed by atoms with Crippen molar-refractivity contribution in [1.29, 1.82) is 0 Å². The second-order valence-corrected chi connectivity index (χ2v) is 3.41. The highest BCUT2D eigenvalue weighted by Gasteiger charge is 2.30. The number of carbonyl (C=O) groups excluding carboxylic acids is 1. The van der Waals surface area contributed by atoms with Crippen LogP contribution in [0.3, 0.4) is 0 Å². The predicted molar refractivity (Wildman–Crippen MR) is 52.3 cm³/mol. The zero-order valence-corrected chi connectivity index (χ0v) is 9.33. The summed E-state index contributed by atoms with van der Waals surface area (Å²) in [4.78, 5) is 11.0. The van der Waals surface area contributed by atoms with Gasteiger partial charge >= 0.3 is 5.97 Å². The van der Waals surface area contributed by atoms with E-state index in [1.165, 1.54) is 14.0 Å². The van der Waals surface area contributed by atoms with Crippen LogP contribution in [-0.4, -0.2) is 56.5 Å². The Morgan fingerprint density at radius 1 is 1.56 bits per heavy atom. The summed E-state index contributed by atoms with van der Waals surface area (Å²) >= 11 is 0. The molecular formula is C9H17F2NO4. The van der Waals surface area contributed by atoms with Crippen LogP contribution in [0.4, 0.5) is 8.78 Å². The number of rotatable bonds is 8. The fourth-order valence-electron chi connectivity index (χ4n) is 0.941. The number of alkyl halides is 2. The standard InChI is InChI=1S/C9H17F2NO4/c1-9(14,8(13)15-2)6-12-3-4-16-5-7(10)11/h7,12,14H,3-6H2,1-2H3. The summed E-state index contributed by atoms with van der Waals surface area (Å²) in [7, 11) is 1.17. The van der Waals surface area contributed by atoms with Crippen LogP contribution in [0.15, 0.2) is 0 Å². The molecule has 0 bridgehead atoms. The van der Waals surface area contributed by atoms with Gasteiger partial charge in [0, 0.05) is 13.1 Å². The van der Waals surface area contributed by atoms with Crippen LogP contribution in [0, 0.1) is 0 Å². The lowest BCUT2D eigenvalue weighted by Crippen LogP contribution is -2.46. The highest BCUT2D eigenvalue weighted by molar-refractivity contribution is 5.78. The molecule has 7 heteroatoms. The maximum atomic E-state index is 11.6. The van der Waals surface area contributed by atoms with Crippen molar-refractivity contribution in [3.63, 3.8) is 0 Å². The van der Waals surface area contributed by atoms with Crippen molar-refractivity contribution in [2.45, 2.75) is 19.0 Å². The SMILES string of the molecule is COC(=O)C(C)(O)CNCCOCC(F)F. The Morgan fingerprint density at radius 2 is 2.19 bits per heavy atom. The zero-order chi connectivity index (χ0) is 12.6. The van der Waals surface area contributed by atoms with Gasteiger partial charge in [0.25, 0.3) is 6.43 Å². The number of carbonyl (C=O) groups is 1. The minimum Gasteiger partial charge on any atom is -0.467 e. The van der Waals surface area contributed by atoms with Crippen LogP contribution < -0.4 is 5.32 Å². The van der Waals surface area contributed by atoms with E-state index in [1.54, 1.807) is 0 Å². The van der Waals surface area contributed by atoms with Crippen LogP contribution in [0.1, 0.15) is 6.92 Å². The number of hydrogen-bond acceptors (Lipinski definition) is 5. The first-order valence-electron chi connectivity index (χ1n) is 4.77. The van der Waals surface area contributed by atoms with Gasteiger partial charge in [-0.3, -0.25) is 0 Å². The third-order valence-electron chi connectivity index (χ3n) is 1.76. The number of aliphatic hydroxyl groups is 1. The van der Waals surface area contributed by atoms with Crippen molar-refractivity contribution < 1.29 is 28.2 Å². The summed E-state index contributed by atoms with van der Waals surface area (Å²) in [5.74, 6) is -0.756. The molecule has 1 atom stereocenters. The molecule has 16 heavy (non-hydrogen) atoms. The molecule has 0 aromatic carbocycles. The predicted octanol–water partition coefficient (Wildman–Crippen LogP) is -0.218. The first-order chi connectivity index (χ1) is 7.40. The number of ether oxygens (including phenoxy) is 2. The van der Waals surface area contributed by atoms with Crippen LogP contribution >= 0.6 is 0 Å². The van der Waals surface area contributed by atoms with Crippen molar-refractivity contribution in [2.75, 3.05) is 33.4 Å². The molecule has 0 saturated heterocycles. The molecule has 0 aromatic heterocycles. The van der Waals surface area contributed by atoms with Gasteiger partial charge in [-0.1, -0.05) is 0 Å². The van der Waals surface area contributed by atoms with Crippen molar-refractivity contribution in [3.05, 3.63) is 0 Å². The topological polar surface area (TPSA) is 67.8 Å². The maximum absolute atomic E-state index is 11.6. The molecule has 0 rings (SSSR count). The van der Waals surface area contributed by atoms with Crippen molar-refractivity contribution in [1.82, 2.24) is 5.32 Å². The molecule has 0 aromatic rings. The fourth-order valence-corrected chi connectivity index (χ4v) is 0.941. The molecule has 2 N–H and O–H groups in total. The molecule has 0 heterocycles. The number of nitrogens with one attached hydrogen (secondary N) is 1. The van der Waals surface area contributed by atoms with Crippen molar-refractivity contribution in [3.8, 4) is 0 Å². The normalized spacial score (nSPS) is 14.9. The Labute approximate surface area is 92.7 Å². The average molecular weight is 241 g/mol. The second-order valence-electron chi connectivity index (χ2n) is 3.41.